The third-order valence-electron chi connectivity index (χ3n) is 3.50. The maximum atomic E-state index is 11.0. The Morgan fingerprint density at radius 1 is 1.12 bits per heavy atom. The van der Waals surface area contributed by atoms with Crippen molar-refractivity contribution in [3.8, 4) is 0 Å². The van der Waals surface area contributed by atoms with E-state index >= 15 is 0 Å². The van der Waals surface area contributed by atoms with Crippen molar-refractivity contribution in [2.45, 2.75) is 33.2 Å². The fourth-order valence-corrected chi connectivity index (χ4v) is 2.40. The van der Waals surface area contributed by atoms with Crippen LogP contribution in [0.1, 0.15) is 30.9 Å². The van der Waals surface area contributed by atoms with Crippen LogP contribution in [0, 0.1) is 6.92 Å². The van der Waals surface area contributed by atoms with Crippen LogP contribution in [0.4, 0.5) is 0 Å². The molecule has 0 heterocycles. The Kier molecular flexibility index (Phi) is 10.2. The van der Waals surface area contributed by atoms with E-state index in [1.807, 2.05) is 0 Å². The van der Waals surface area contributed by atoms with Crippen molar-refractivity contribution in [2.24, 2.45) is 4.99 Å². The largest absolute Gasteiger partial charge is 0.379 e. The summed E-state index contributed by atoms with van der Waals surface area (Å²) in [6, 6.07) is 8.32. The van der Waals surface area contributed by atoms with Gasteiger partial charge in [0, 0.05) is 19.3 Å². The van der Waals surface area contributed by atoms with Crippen LogP contribution in [0.25, 0.3) is 0 Å². The predicted molar refractivity (Wildman–Crippen MR) is 104 cm³/mol. The Labute approximate surface area is 152 Å². The third-order valence-corrected chi connectivity index (χ3v) is 4.41. The average molecular weight is 370 g/mol. The van der Waals surface area contributed by atoms with Crippen molar-refractivity contribution in [1.29, 1.82) is 0 Å². The van der Waals surface area contributed by atoms with Gasteiger partial charge in [-0.2, -0.15) is 0 Å². The number of guanidine groups is 1. The summed E-state index contributed by atoms with van der Waals surface area (Å²) >= 11 is 0. The topological polar surface area (TPSA) is 79.8 Å². The molecule has 25 heavy (non-hydrogen) atoms. The van der Waals surface area contributed by atoms with Gasteiger partial charge in [-0.25, -0.2) is 13.4 Å². The molecule has 0 bridgehead atoms. The highest BCUT2D eigenvalue weighted by atomic mass is 32.2. The van der Waals surface area contributed by atoms with Crippen LogP contribution >= 0.6 is 0 Å². The van der Waals surface area contributed by atoms with E-state index in [0.717, 1.165) is 30.9 Å². The Morgan fingerprint density at radius 3 is 2.44 bits per heavy atom. The molecule has 0 aliphatic heterocycles. The third kappa shape index (κ3) is 11.6. The molecule has 1 aromatic rings. The summed E-state index contributed by atoms with van der Waals surface area (Å²) in [5, 5.41) is 6.53. The predicted octanol–water partition coefficient (Wildman–Crippen LogP) is 1.89. The van der Waals surface area contributed by atoms with Gasteiger partial charge in [0.05, 0.1) is 25.5 Å². The van der Waals surface area contributed by atoms with Gasteiger partial charge in [0.2, 0.25) is 0 Å². The quantitative estimate of drug-likeness (QED) is 0.354. The van der Waals surface area contributed by atoms with Crippen LogP contribution in [-0.4, -0.2) is 52.7 Å². The monoisotopic (exact) mass is 369 g/mol. The van der Waals surface area contributed by atoms with Gasteiger partial charge in [-0.3, -0.25) is 0 Å². The number of hydrogen-bond acceptors (Lipinski definition) is 4. The molecule has 1 rings (SSSR count). The smallest absolute Gasteiger partial charge is 0.191 e. The number of rotatable bonds is 11. The maximum absolute atomic E-state index is 11.0. The van der Waals surface area contributed by atoms with Gasteiger partial charge >= 0.3 is 0 Å². The number of aryl methyl sites for hydroxylation is 1. The van der Waals surface area contributed by atoms with Crippen LogP contribution in [-0.2, 0) is 21.1 Å². The van der Waals surface area contributed by atoms with E-state index in [1.165, 1.54) is 11.8 Å². The lowest BCUT2D eigenvalue weighted by atomic mass is 10.1. The van der Waals surface area contributed by atoms with E-state index in [1.54, 1.807) is 0 Å². The summed E-state index contributed by atoms with van der Waals surface area (Å²) in [7, 11) is -2.97. The second-order valence-electron chi connectivity index (χ2n) is 6.10. The molecule has 7 heteroatoms. The van der Waals surface area contributed by atoms with E-state index in [-0.39, 0.29) is 12.4 Å². The van der Waals surface area contributed by atoms with Gasteiger partial charge in [0.25, 0.3) is 0 Å². The number of nitrogens with zero attached hydrogens (tertiary/aromatic N) is 1. The van der Waals surface area contributed by atoms with Crippen LogP contribution in [0.2, 0.25) is 0 Å². The molecule has 0 amide bonds. The first kappa shape index (κ1) is 21.4. The van der Waals surface area contributed by atoms with Crippen molar-refractivity contribution in [1.82, 2.24) is 10.6 Å². The first-order valence-corrected chi connectivity index (χ1v) is 10.8. The number of aliphatic imine (C=N–C) groups is 1. The molecule has 142 valence electrons. The summed E-state index contributed by atoms with van der Waals surface area (Å²) in [6.07, 6.45) is 3.41. The van der Waals surface area contributed by atoms with Gasteiger partial charge in [-0.15, -0.1) is 0 Å². The normalized spacial score (nSPS) is 12.2. The lowest BCUT2D eigenvalue weighted by molar-refractivity contribution is 0.154. The summed E-state index contributed by atoms with van der Waals surface area (Å²) in [5.74, 6) is 0.802. The molecule has 0 fully saturated rings. The van der Waals surface area contributed by atoms with Gasteiger partial charge < -0.3 is 15.4 Å². The van der Waals surface area contributed by atoms with Crippen LogP contribution in [0.15, 0.2) is 29.3 Å². The van der Waals surface area contributed by atoms with E-state index in [2.05, 4.69) is 53.7 Å². The zero-order valence-electron chi connectivity index (χ0n) is 15.5. The second-order valence-corrected chi connectivity index (χ2v) is 8.36. The highest BCUT2D eigenvalue weighted by Crippen LogP contribution is 2.04. The average Bonchev–Trinajstić information content (AvgIpc) is 2.55. The number of hydrogen-bond donors (Lipinski definition) is 2. The second kappa shape index (κ2) is 11.9. The number of ether oxygens (including phenoxy) is 1. The lowest BCUT2D eigenvalue weighted by Gasteiger charge is -2.12. The molecule has 0 radical (unpaired) electrons. The molecule has 1 aromatic carbocycles. The molecular weight excluding hydrogens is 338 g/mol. The number of sulfone groups is 1. The first-order chi connectivity index (χ1) is 11.9. The molecule has 0 unspecified atom stereocenters. The number of benzene rings is 1. The van der Waals surface area contributed by atoms with Crippen LogP contribution < -0.4 is 10.6 Å². The fourth-order valence-electron chi connectivity index (χ4n) is 1.98. The van der Waals surface area contributed by atoms with Crippen molar-refractivity contribution in [2.75, 3.05) is 38.3 Å². The number of nitrogens with one attached hydrogen (secondary N) is 2. The Hall–Kier alpha value is -1.60. The van der Waals surface area contributed by atoms with E-state index in [4.69, 9.17) is 4.74 Å². The molecule has 0 aliphatic rings. The standard InChI is InChI=1S/C18H31N3O3S/c1-4-5-10-19-18(20-11-12-24-13-14-25(3,22)23)21-15-17-8-6-16(2)7-9-17/h6-9H,4-5,10-15H2,1-3H3,(H2,19,20,21). The van der Waals surface area contributed by atoms with E-state index < -0.39 is 9.84 Å². The van der Waals surface area contributed by atoms with Crippen LogP contribution in [0.5, 0.6) is 0 Å². The first-order valence-electron chi connectivity index (χ1n) is 8.74. The minimum absolute atomic E-state index is 0.0517. The SMILES string of the molecule is CCCCNC(=NCc1ccc(C)cc1)NCCOCCS(C)(=O)=O. The zero-order valence-corrected chi connectivity index (χ0v) is 16.4. The van der Waals surface area contributed by atoms with E-state index in [0.29, 0.717) is 19.7 Å². The summed E-state index contributed by atoms with van der Waals surface area (Å²) in [5.41, 5.74) is 2.39. The summed E-state index contributed by atoms with van der Waals surface area (Å²) in [6.45, 7) is 6.93. The highest BCUT2D eigenvalue weighted by Gasteiger charge is 2.02. The molecule has 0 saturated carbocycles. The molecular formula is C18H31N3O3S. The molecule has 6 nitrogen and oxygen atoms in total. The molecule has 0 aromatic heterocycles. The summed E-state index contributed by atoms with van der Waals surface area (Å²) in [4.78, 5) is 4.60. The Balaban J connectivity index is 2.40. The molecule has 2 N–H and O–H groups in total. The Morgan fingerprint density at radius 2 is 1.80 bits per heavy atom. The molecule has 0 aliphatic carbocycles. The zero-order chi connectivity index (χ0) is 18.5. The fraction of sp³-hybridized carbons (Fsp3) is 0.611. The van der Waals surface area contributed by atoms with Crippen LogP contribution in [0.3, 0.4) is 0 Å². The van der Waals surface area contributed by atoms with Crippen molar-refractivity contribution >= 4 is 15.8 Å². The Bertz CT molecular complexity index is 613. The minimum atomic E-state index is -2.97. The minimum Gasteiger partial charge on any atom is -0.379 e. The van der Waals surface area contributed by atoms with Gasteiger partial charge in [0.15, 0.2) is 5.96 Å². The lowest BCUT2D eigenvalue weighted by Crippen LogP contribution is -2.39. The number of unbranched alkanes of at least 4 members (excludes halogenated alkanes) is 1. The van der Waals surface area contributed by atoms with Gasteiger partial charge in [0.1, 0.15) is 9.84 Å². The van der Waals surface area contributed by atoms with Gasteiger partial charge in [-0.05, 0) is 18.9 Å². The molecule has 0 atom stereocenters. The van der Waals surface area contributed by atoms with Crippen molar-refractivity contribution < 1.29 is 13.2 Å². The molecule has 0 saturated heterocycles. The van der Waals surface area contributed by atoms with E-state index in [9.17, 15) is 8.42 Å². The highest BCUT2D eigenvalue weighted by molar-refractivity contribution is 7.90. The molecule has 0 spiro atoms. The van der Waals surface area contributed by atoms with Crippen molar-refractivity contribution in [3.05, 3.63) is 35.4 Å². The van der Waals surface area contributed by atoms with Gasteiger partial charge in [-0.1, -0.05) is 43.2 Å². The van der Waals surface area contributed by atoms with Crippen molar-refractivity contribution in [3.63, 3.8) is 0 Å². The summed E-state index contributed by atoms with van der Waals surface area (Å²) < 4.78 is 27.4. The maximum Gasteiger partial charge on any atom is 0.191 e.